The van der Waals surface area contributed by atoms with Crippen molar-refractivity contribution in [3.8, 4) is 5.69 Å². The van der Waals surface area contributed by atoms with Crippen LogP contribution in [0.15, 0.2) is 42.7 Å². The molecule has 2 unspecified atom stereocenters. The average Bonchev–Trinajstić information content (AvgIpc) is 3.08. The highest BCUT2D eigenvalue weighted by atomic mass is 16.5. The van der Waals surface area contributed by atoms with Crippen molar-refractivity contribution in [3.05, 3.63) is 48.3 Å². The van der Waals surface area contributed by atoms with Crippen LogP contribution in [0.4, 0.5) is 0 Å². The zero-order valence-electron chi connectivity index (χ0n) is 10.2. The summed E-state index contributed by atoms with van der Waals surface area (Å²) in [6.45, 7) is 1.46. The highest BCUT2D eigenvalue weighted by Gasteiger charge is 2.29. The minimum absolute atomic E-state index is 0.104. The molecule has 1 saturated heterocycles. The first-order valence-corrected chi connectivity index (χ1v) is 6.30. The Labute approximate surface area is 106 Å². The fourth-order valence-electron chi connectivity index (χ4n) is 2.45. The molecular weight excluding hydrogens is 226 g/mol. The standard InChI is InChI=1S/C14H17N3O/c15-8-11-6-7-18-14(11)12-9-16-17(10-12)13-4-2-1-3-5-13/h1-5,9-11,14H,6-8,15H2. The number of aromatic nitrogens is 2. The summed E-state index contributed by atoms with van der Waals surface area (Å²) in [7, 11) is 0. The number of nitrogens with two attached hydrogens (primary N) is 1. The maximum Gasteiger partial charge on any atom is 0.0896 e. The second kappa shape index (κ2) is 4.92. The maximum absolute atomic E-state index is 5.77. The maximum atomic E-state index is 5.77. The topological polar surface area (TPSA) is 53.1 Å². The summed E-state index contributed by atoms with van der Waals surface area (Å²) in [5.41, 5.74) is 7.95. The molecule has 0 saturated carbocycles. The number of rotatable bonds is 3. The van der Waals surface area contributed by atoms with Crippen LogP contribution in [0.5, 0.6) is 0 Å². The molecule has 2 N–H and O–H groups in total. The summed E-state index contributed by atoms with van der Waals surface area (Å²) >= 11 is 0. The van der Waals surface area contributed by atoms with Crippen LogP contribution in [0.25, 0.3) is 5.69 Å². The molecular formula is C14H17N3O. The van der Waals surface area contributed by atoms with Crippen molar-refractivity contribution in [2.75, 3.05) is 13.2 Å². The van der Waals surface area contributed by atoms with Crippen molar-refractivity contribution in [1.82, 2.24) is 9.78 Å². The van der Waals surface area contributed by atoms with Crippen LogP contribution in [-0.2, 0) is 4.74 Å². The Morgan fingerprint density at radius 3 is 2.94 bits per heavy atom. The fraction of sp³-hybridized carbons (Fsp3) is 0.357. The van der Waals surface area contributed by atoms with Gasteiger partial charge >= 0.3 is 0 Å². The minimum Gasteiger partial charge on any atom is -0.373 e. The van der Waals surface area contributed by atoms with Gasteiger partial charge in [0, 0.05) is 24.3 Å². The summed E-state index contributed by atoms with van der Waals surface area (Å²) in [5, 5.41) is 4.40. The summed E-state index contributed by atoms with van der Waals surface area (Å²) < 4.78 is 7.64. The molecule has 1 fully saturated rings. The lowest BCUT2D eigenvalue weighted by Crippen LogP contribution is -2.17. The van der Waals surface area contributed by atoms with E-state index in [4.69, 9.17) is 10.5 Å². The van der Waals surface area contributed by atoms with Crippen molar-refractivity contribution in [1.29, 1.82) is 0 Å². The molecule has 2 aromatic rings. The van der Waals surface area contributed by atoms with Gasteiger partial charge in [0.15, 0.2) is 0 Å². The van der Waals surface area contributed by atoms with Gasteiger partial charge in [0.2, 0.25) is 0 Å². The smallest absolute Gasteiger partial charge is 0.0896 e. The van der Waals surface area contributed by atoms with Crippen LogP contribution in [-0.4, -0.2) is 22.9 Å². The Hall–Kier alpha value is -1.65. The lowest BCUT2D eigenvalue weighted by atomic mass is 9.98. The van der Waals surface area contributed by atoms with Gasteiger partial charge in [0.25, 0.3) is 0 Å². The molecule has 4 nitrogen and oxygen atoms in total. The Kier molecular flexibility index (Phi) is 3.13. The van der Waals surface area contributed by atoms with Crippen LogP contribution in [0, 0.1) is 5.92 Å². The van der Waals surface area contributed by atoms with E-state index in [0.717, 1.165) is 24.3 Å². The molecule has 1 aromatic carbocycles. The highest BCUT2D eigenvalue weighted by molar-refractivity contribution is 5.31. The third kappa shape index (κ3) is 2.05. The van der Waals surface area contributed by atoms with Gasteiger partial charge in [0.05, 0.1) is 18.0 Å². The third-order valence-electron chi connectivity index (χ3n) is 3.47. The third-order valence-corrected chi connectivity index (χ3v) is 3.47. The van der Waals surface area contributed by atoms with Gasteiger partial charge in [-0.05, 0) is 25.1 Å². The molecule has 0 amide bonds. The number of nitrogens with zero attached hydrogens (tertiary/aromatic N) is 2. The molecule has 0 aliphatic carbocycles. The Morgan fingerprint density at radius 2 is 2.17 bits per heavy atom. The second-order valence-electron chi connectivity index (χ2n) is 4.63. The monoisotopic (exact) mass is 243 g/mol. The summed E-state index contributed by atoms with van der Waals surface area (Å²) in [5.74, 6) is 0.415. The first-order chi connectivity index (χ1) is 8.88. The molecule has 4 heteroatoms. The molecule has 2 atom stereocenters. The lowest BCUT2D eigenvalue weighted by Gasteiger charge is -2.14. The molecule has 1 aliphatic rings. The zero-order chi connectivity index (χ0) is 12.4. The largest absolute Gasteiger partial charge is 0.373 e. The number of benzene rings is 1. The number of hydrogen-bond acceptors (Lipinski definition) is 3. The van der Waals surface area contributed by atoms with E-state index in [1.165, 1.54) is 0 Å². The number of para-hydroxylation sites is 1. The van der Waals surface area contributed by atoms with Crippen molar-refractivity contribution in [2.24, 2.45) is 11.7 Å². The van der Waals surface area contributed by atoms with Crippen LogP contribution >= 0.6 is 0 Å². The molecule has 0 spiro atoms. The normalized spacial score (nSPS) is 23.4. The molecule has 0 bridgehead atoms. The zero-order valence-corrected chi connectivity index (χ0v) is 10.2. The lowest BCUT2D eigenvalue weighted by molar-refractivity contribution is 0.0924. The van der Waals surface area contributed by atoms with Crippen molar-refractivity contribution < 1.29 is 4.74 Å². The summed E-state index contributed by atoms with van der Waals surface area (Å²) in [6, 6.07) is 10.1. The van der Waals surface area contributed by atoms with Gasteiger partial charge in [0.1, 0.15) is 0 Å². The molecule has 94 valence electrons. The molecule has 1 aromatic heterocycles. The van der Waals surface area contributed by atoms with Gasteiger partial charge in [-0.15, -0.1) is 0 Å². The molecule has 3 rings (SSSR count). The minimum atomic E-state index is 0.104. The predicted octanol–water partition coefficient (Wildman–Crippen LogP) is 1.91. The van der Waals surface area contributed by atoms with E-state index in [1.807, 2.05) is 47.4 Å². The van der Waals surface area contributed by atoms with Crippen molar-refractivity contribution >= 4 is 0 Å². The van der Waals surface area contributed by atoms with Crippen molar-refractivity contribution in [3.63, 3.8) is 0 Å². The van der Waals surface area contributed by atoms with Gasteiger partial charge in [-0.1, -0.05) is 18.2 Å². The first-order valence-electron chi connectivity index (χ1n) is 6.30. The molecule has 0 radical (unpaired) electrons. The van der Waals surface area contributed by atoms with Crippen LogP contribution in [0.3, 0.4) is 0 Å². The SMILES string of the molecule is NCC1CCOC1c1cnn(-c2ccccc2)c1. The molecule has 1 aliphatic heterocycles. The van der Waals surface area contributed by atoms with E-state index in [1.54, 1.807) is 0 Å². The van der Waals surface area contributed by atoms with E-state index in [9.17, 15) is 0 Å². The Balaban J connectivity index is 1.86. The second-order valence-corrected chi connectivity index (χ2v) is 4.63. The highest BCUT2D eigenvalue weighted by Crippen LogP contribution is 2.33. The first kappa shape index (κ1) is 11.4. The number of ether oxygens (including phenoxy) is 1. The van der Waals surface area contributed by atoms with Gasteiger partial charge in [-0.3, -0.25) is 0 Å². The van der Waals surface area contributed by atoms with E-state index >= 15 is 0 Å². The van der Waals surface area contributed by atoms with Gasteiger partial charge in [-0.25, -0.2) is 4.68 Å². The van der Waals surface area contributed by atoms with Crippen LogP contribution in [0.2, 0.25) is 0 Å². The van der Waals surface area contributed by atoms with Gasteiger partial charge < -0.3 is 10.5 Å². The van der Waals surface area contributed by atoms with Gasteiger partial charge in [-0.2, -0.15) is 5.10 Å². The van der Waals surface area contributed by atoms with E-state index in [2.05, 4.69) is 5.10 Å². The van der Waals surface area contributed by atoms with Crippen molar-refractivity contribution in [2.45, 2.75) is 12.5 Å². The molecule has 2 heterocycles. The van der Waals surface area contributed by atoms with Crippen LogP contribution in [0.1, 0.15) is 18.1 Å². The summed E-state index contributed by atoms with van der Waals surface area (Å²) in [6.07, 6.45) is 5.06. The quantitative estimate of drug-likeness (QED) is 0.896. The van der Waals surface area contributed by atoms with Crippen LogP contribution < -0.4 is 5.73 Å². The Morgan fingerprint density at radius 1 is 1.33 bits per heavy atom. The molecule has 18 heavy (non-hydrogen) atoms. The Bertz CT molecular complexity index is 509. The average molecular weight is 243 g/mol. The predicted molar refractivity (Wildman–Crippen MR) is 69.4 cm³/mol. The summed E-state index contributed by atoms with van der Waals surface area (Å²) in [4.78, 5) is 0. The van der Waals surface area contributed by atoms with E-state index < -0.39 is 0 Å². The number of hydrogen-bond donors (Lipinski definition) is 1. The van der Waals surface area contributed by atoms with E-state index in [-0.39, 0.29) is 6.10 Å². The fourth-order valence-corrected chi connectivity index (χ4v) is 2.45. The van der Waals surface area contributed by atoms with E-state index in [0.29, 0.717) is 12.5 Å².